The van der Waals surface area contributed by atoms with E-state index in [2.05, 4.69) is 10.2 Å². The van der Waals surface area contributed by atoms with E-state index < -0.39 is 4.92 Å². The van der Waals surface area contributed by atoms with Crippen LogP contribution in [0.2, 0.25) is 0 Å². The molecular formula is C8H6N4O2. The molecule has 0 amide bonds. The lowest BCUT2D eigenvalue weighted by molar-refractivity contribution is -0.384. The molecule has 0 saturated heterocycles. The van der Waals surface area contributed by atoms with Gasteiger partial charge in [-0.1, -0.05) is 12.1 Å². The lowest BCUT2D eigenvalue weighted by Crippen LogP contribution is -1.97. The summed E-state index contributed by atoms with van der Waals surface area (Å²) < 4.78 is 1.50. The molecule has 0 radical (unpaired) electrons. The molecule has 2 rings (SSSR count). The first-order chi connectivity index (χ1) is 6.79. The predicted molar refractivity (Wildman–Crippen MR) is 48.0 cm³/mol. The molecule has 0 aliphatic heterocycles. The Morgan fingerprint density at radius 2 is 1.86 bits per heavy atom. The van der Waals surface area contributed by atoms with Gasteiger partial charge in [0.1, 0.15) is 18.3 Å². The van der Waals surface area contributed by atoms with E-state index in [-0.39, 0.29) is 5.69 Å². The topological polar surface area (TPSA) is 73.8 Å². The maximum Gasteiger partial charge on any atom is 0.293 e. The molecule has 1 heterocycles. The van der Waals surface area contributed by atoms with E-state index in [0.717, 1.165) is 0 Å². The van der Waals surface area contributed by atoms with Gasteiger partial charge in [0.05, 0.1) is 4.92 Å². The highest BCUT2D eigenvalue weighted by Gasteiger charge is 2.13. The molecule has 0 saturated carbocycles. The van der Waals surface area contributed by atoms with Crippen LogP contribution in [0.5, 0.6) is 0 Å². The molecule has 0 aliphatic carbocycles. The molecule has 1 aromatic heterocycles. The average molecular weight is 190 g/mol. The van der Waals surface area contributed by atoms with E-state index in [0.29, 0.717) is 5.69 Å². The smallest absolute Gasteiger partial charge is 0.282 e. The largest absolute Gasteiger partial charge is 0.293 e. The van der Waals surface area contributed by atoms with Gasteiger partial charge in [-0.25, -0.2) is 0 Å². The van der Waals surface area contributed by atoms with Crippen LogP contribution in [0.1, 0.15) is 0 Å². The average Bonchev–Trinajstić information content (AvgIpc) is 2.70. The zero-order valence-corrected chi connectivity index (χ0v) is 7.07. The van der Waals surface area contributed by atoms with E-state index in [1.807, 2.05) is 0 Å². The molecule has 14 heavy (non-hydrogen) atoms. The SMILES string of the molecule is O=[N+]([O-])c1ccccc1-n1cnnc1. The molecule has 70 valence electrons. The summed E-state index contributed by atoms with van der Waals surface area (Å²) in [6.45, 7) is 0. The summed E-state index contributed by atoms with van der Waals surface area (Å²) in [6.07, 6.45) is 2.84. The predicted octanol–water partition coefficient (Wildman–Crippen LogP) is 1.18. The highest BCUT2D eigenvalue weighted by atomic mass is 16.6. The van der Waals surface area contributed by atoms with E-state index in [4.69, 9.17) is 0 Å². The molecule has 0 fully saturated rings. The fourth-order valence-corrected chi connectivity index (χ4v) is 1.16. The van der Waals surface area contributed by atoms with Crippen molar-refractivity contribution in [1.82, 2.24) is 14.8 Å². The fraction of sp³-hybridized carbons (Fsp3) is 0. The Bertz CT molecular complexity index is 452. The molecule has 6 nitrogen and oxygen atoms in total. The maximum atomic E-state index is 10.7. The van der Waals surface area contributed by atoms with Gasteiger partial charge in [-0.05, 0) is 6.07 Å². The molecule has 0 unspecified atom stereocenters. The Morgan fingerprint density at radius 3 is 2.50 bits per heavy atom. The van der Waals surface area contributed by atoms with Gasteiger partial charge in [0.15, 0.2) is 0 Å². The van der Waals surface area contributed by atoms with Crippen molar-refractivity contribution in [2.75, 3.05) is 0 Å². The summed E-state index contributed by atoms with van der Waals surface area (Å²) in [7, 11) is 0. The maximum absolute atomic E-state index is 10.7. The molecule has 0 spiro atoms. The monoisotopic (exact) mass is 190 g/mol. The second-order valence-electron chi connectivity index (χ2n) is 2.61. The summed E-state index contributed by atoms with van der Waals surface area (Å²) in [5.41, 5.74) is 0.495. The Hall–Kier alpha value is -2.24. The quantitative estimate of drug-likeness (QED) is 0.526. The van der Waals surface area contributed by atoms with E-state index in [1.54, 1.807) is 18.2 Å². The molecule has 0 N–H and O–H groups in total. The summed E-state index contributed by atoms with van der Waals surface area (Å²) in [4.78, 5) is 10.2. The van der Waals surface area contributed by atoms with Crippen LogP contribution >= 0.6 is 0 Å². The number of para-hydroxylation sites is 2. The van der Waals surface area contributed by atoms with Crippen LogP contribution in [0, 0.1) is 10.1 Å². The van der Waals surface area contributed by atoms with Gasteiger partial charge in [0, 0.05) is 6.07 Å². The van der Waals surface area contributed by atoms with E-state index in [9.17, 15) is 10.1 Å². The van der Waals surface area contributed by atoms with Crippen molar-refractivity contribution >= 4 is 5.69 Å². The number of nitro groups is 1. The first-order valence-corrected chi connectivity index (χ1v) is 3.87. The zero-order valence-electron chi connectivity index (χ0n) is 7.07. The van der Waals surface area contributed by atoms with Crippen molar-refractivity contribution in [2.24, 2.45) is 0 Å². The van der Waals surface area contributed by atoms with Gasteiger partial charge < -0.3 is 0 Å². The van der Waals surface area contributed by atoms with Gasteiger partial charge in [-0.2, -0.15) is 0 Å². The Balaban J connectivity index is 2.58. The van der Waals surface area contributed by atoms with Crippen molar-refractivity contribution in [3.05, 3.63) is 47.0 Å². The second-order valence-corrected chi connectivity index (χ2v) is 2.61. The first kappa shape index (κ1) is 8.36. The van der Waals surface area contributed by atoms with Gasteiger partial charge in [0.25, 0.3) is 5.69 Å². The molecular weight excluding hydrogens is 184 g/mol. The van der Waals surface area contributed by atoms with Crippen LogP contribution in [0.15, 0.2) is 36.9 Å². The van der Waals surface area contributed by atoms with E-state index in [1.165, 1.54) is 23.3 Å². The lowest BCUT2D eigenvalue weighted by Gasteiger charge is -2.00. The number of rotatable bonds is 2. The zero-order chi connectivity index (χ0) is 9.97. The van der Waals surface area contributed by atoms with Crippen LogP contribution < -0.4 is 0 Å². The van der Waals surface area contributed by atoms with E-state index >= 15 is 0 Å². The number of hydrogen-bond acceptors (Lipinski definition) is 4. The van der Waals surface area contributed by atoms with Crippen LogP contribution in [0.25, 0.3) is 5.69 Å². The number of aromatic nitrogens is 3. The third-order valence-corrected chi connectivity index (χ3v) is 1.78. The minimum atomic E-state index is -0.435. The second kappa shape index (κ2) is 3.25. The number of hydrogen-bond donors (Lipinski definition) is 0. The van der Waals surface area contributed by atoms with Crippen LogP contribution in [-0.4, -0.2) is 19.7 Å². The minimum Gasteiger partial charge on any atom is -0.282 e. The normalized spacial score (nSPS) is 10.0. The third kappa shape index (κ3) is 1.33. The van der Waals surface area contributed by atoms with Gasteiger partial charge in [-0.3, -0.25) is 14.7 Å². The minimum absolute atomic E-state index is 0.0345. The Morgan fingerprint density at radius 1 is 1.21 bits per heavy atom. The molecule has 2 aromatic rings. The van der Waals surface area contributed by atoms with Crippen molar-refractivity contribution in [2.45, 2.75) is 0 Å². The van der Waals surface area contributed by atoms with Crippen LogP contribution in [0.4, 0.5) is 5.69 Å². The first-order valence-electron chi connectivity index (χ1n) is 3.87. The molecule has 1 aromatic carbocycles. The van der Waals surface area contributed by atoms with Crippen molar-refractivity contribution < 1.29 is 4.92 Å². The fourth-order valence-electron chi connectivity index (χ4n) is 1.16. The number of benzene rings is 1. The molecule has 6 heteroatoms. The van der Waals surface area contributed by atoms with Crippen molar-refractivity contribution in [3.63, 3.8) is 0 Å². The van der Waals surface area contributed by atoms with Crippen molar-refractivity contribution in [3.8, 4) is 5.69 Å². The molecule has 0 atom stereocenters. The summed E-state index contributed by atoms with van der Waals surface area (Å²) in [5.74, 6) is 0. The van der Waals surface area contributed by atoms with Crippen LogP contribution in [0.3, 0.4) is 0 Å². The highest BCUT2D eigenvalue weighted by Crippen LogP contribution is 2.20. The van der Waals surface area contributed by atoms with Crippen LogP contribution in [-0.2, 0) is 0 Å². The molecule has 0 bridgehead atoms. The van der Waals surface area contributed by atoms with Gasteiger partial charge in [-0.15, -0.1) is 10.2 Å². The molecule has 0 aliphatic rings. The van der Waals surface area contributed by atoms with Gasteiger partial charge >= 0.3 is 0 Å². The Kier molecular flexibility index (Phi) is 1.94. The summed E-state index contributed by atoms with van der Waals surface area (Å²) in [5, 5.41) is 17.8. The highest BCUT2D eigenvalue weighted by molar-refractivity contribution is 5.51. The third-order valence-electron chi connectivity index (χ3n) is 1.78. The number of nitro benzene ring substituents is 1. The summed E-state index contributed by atoms with van der Waals surface area (Å²) in [6, 6.07) is 6.42. The van der Waals surface area contributed by atoms with Crippen molar-refractivity contribution in [1.29, 1.82) is 0 Å². The Labute approximate surface area is 79.0 Å². The lowest BCUT2D eigenvalue weighted by atomic mass is 10.3. The van der Waals surface area contributed by atoms with Gasteiger partial charge in [0.2, 0.25) is 0 Å². The summed E-state index contributed by atoms with van der Waals surface area (Å²) >= 11 is 0. The number of nitrogens with zero attached hydrogens (tertiary/aromatic N) is 4. The standard InChI is InChI=1S/C8H6N4O2/c13-12(14)8-4-2-1-3-7(8)11-5-9-10-6-11/h1-6H.